The van der Waals surface area contributed by atoms with Crippen LogP contribution < -0.4 is 5.32 Å². The highest BCUT2D eigenvalue weighted by atomic mass is 16.2. The van der Waals surface area contributed by atoms with Gasteiger partial charge in [0.1, 0.15) is 0 Å². The van der Waals surface area contributed by atoms with Gasteiger partial charge in [0.25, 0.3) is 5.91 Å². The molecule has 6 heteroatoms. The summed E-state index contributed by atoms with van der Waals surface area (Å²) in [6.45, 7) is 7.67. The van der Waals surface area contributed by atoms with Crippen LogP contribution in [0.25, 0.3) is 11.0 Å². The Balaban J connectivity index is 1.95. The summed E-state index contributed by atoms with van der Waals surface area (Å²) in [5.41, 5.74) is 2.38. The molecule has 2 aromatic heterocycles. The zero-order valence-electron chi connectivity index (χ0n) is 14.3. The van der Waals surface area contributed by atoms with Crippen molar-refractivity contribution in [2.45, 2.75) is 45.7 Å². The Morgan fingerprint density at radius 2 is 2.04 bits per heavy atom. The summed E-state index contributed by atoms with van der Waals surface area (Å²) in [6.07, 6.45) is 3.77. The average Bonchev–Trinajstić information content (AvgIpc) is 2.97. The fourth-order valence-corrected chi connectivity index (χ4v) is 3.24. The molecule has 0 saturated carbocycles. The number of piperidine rings is 1. The van der Waals surface area contributed by atoms with Crippen molar-refractivity contribution >= 4 is 16.9 Å². The van der Waals surface area contributed by atoms with Gasteiger partial charge in [0.15, 0.2) is 5.65 Å². The summed E-state index contributed by atoms with van der Waals surface area (Å²) in [5.74, 6) is 0.0957. The third kappa shape index (κ3) is 2.95. The third-order valence-electron chi connectivity index (χ3n) is 4.60. The van der Waals surface area contributed by atoms with Gasteiger partial charge in [-0.25, -0.2) is 9.67 Å². The first-order valence-electron chi connectivity index (χ1n) is 8.32. The average molecular weight is 315 g/mol. The fraction of sp³-hybridized carbons (Fsp3) is 0.588. The van der Waals surface area contributed by atoms with E-state index in [9.17, 15) is 4.79 Å². The van der Waals surface area contributed by atoms with Crippen LogP contribution in [-0.4, -0.2) is 51.8 Å². The van der Waals surface area contributed by atoms with Crippen molar-refractivity contribution in [3.8, 4) is 0 Å². The molecule has 0 aliphatic carbocycles. The minimum atomic E-state index is 0.0957. The Bertz CT molecular complexity index is 713. The molecule has 1 saturated heterocycles. The summed E-state index contributed by atoms with van der Waals surface area (Å²) in [4.78, 5) is 19.5. The highest BCUT2D eigenvalue weighted by Crippen LogP contribution is 2.23. The van der Waals surface area contributed by atoms with Gasteiger partial charge >= 0.3 is 0 Å². The second-order valence-corrected chi connectivity index (χ2v) is 6.59. The maximum absolute atomic E-state index is 13.0. The van der Waals surface area contributed by atoms with Gasteiger partial charge in [-0.05, 0) is 46.7 Å². The first-order valence-corrected chi connectivity index (χ1v) is 8.32. The quantitative estimate of drug-likeness (QED) is 0.942. The molecule has 124 valence electrons. The number of likely N-dealkylation sites (tertiary alicyclic amines) is 1. The van der Waals surface area contributed by atoms with Gasteiger partial charge in [-0.15, -0.1) is 0 Å². The Morgan fingerprint density at radius 3 is 2.65 bits per heavy atom. The Labute approximate surface area is 136 Å². The number of rotatable bonds is 3. The van der Waals surface area contributed by atoms with Crippen LogP contribution in [0.1, 0.15) is 48.8 Å². The molecule has 0 unspecified atom stereocenters. The van der Waals surface area contributed by atoms with E-state index in [2.05, 4.69) is 29.2 Å². The topological polar surface area (TPSA) is 63.1 Å². The molecule has 0 atom stereocenters. The van der Waals surface area contributed by atoms with E-state index >= 15 is 0 Å². The van der Waals surface area contributed by atoms with Crippen molar-refractivity contribution < 1.29 is 4.79 Å². The summed E-state index contributed by atoms with van der Waals surface area (Å²) in [6, 6.07) is 2.62. The second kappa shape index (κ2) is 6.28. The smallest absolute Gasteiger partial charge is 0.254 e. The van der Waals surface area contributed by atoms with Crippen molar-refractivity contribution in [2.24, 2.45) is 0 Å². The molecule has 0 aromatic carbocycles. The van der Waals surface area contributed by atoms with E-state index < -0.39 is 0 Å². The number of aryl methyl sites for hydroxylation is 1. The van der Waals surface area contributed by atoms with Gasteiger partial charge in [-0.1, -0.05) is 0 Å². The monoisotopic (exact) mass is 315 g/mol. The Morgan fingerprint density at radius 1 is 1.35 bits per heavy atom. The number of nitrogens with one attached hydrogen (secondary N) is 1. The minimum absolute atomic E-state index is 0.0957. The van der Waals surface area contributed by atoms with Crippen molar-refractivity contribution in [3.63, 3.8) is 0 Å². The van der Waals surface area contributed by atoms with Crippen molar-refractivity contribution in [2.75, 3.05) is 20.1 Å². The first-order chi connectivity index (χ1) is 11.0. The normalized spacial score (nSPS) is 16.5. The molecule has 3 rings (SSSR count). The van der Waals surface area contributed by atoms with Crippen LogP contribution in [0.5, 0.6) is 0 Å². The van der Waals surface area contributed by atoms with Crippen LogP contribution in [0, 0.1) is 6.92 Å². The number of nitrogens with zero attached hydrogens (tertiary/aromatic N) is 4. The molecule has 1 fully saturated rings. The van der Waals surface area contributed by atoms with Crippen molar-refractivity contribution in [1.82, 2.24) is 25.0 Å². The summed E-state index contributed by atoms with van der Waals surface area (Å²) in [7, 11) is 1.98. The molecule has 1 aliphatic heterocycles. The SMILES string of the molecule is CNC1CCN(C(=O)c2cc(C)nc3c2cnn3C(C)C)CC1. The van der Waals surface area contributed by atoms with Crippen molar-refractivity contribution in [1.29, 1.82) is 0 Å². The molecule has 1 aliphatic rings. The highest BCUT2D eigenvalue weighted by molar-refractivity contribution is 6.05. The number of hydrogen-bond donors (Lipinski definition) is 1. The molecule has 1 amide bonds. The Kier molecular flexibility index (Phi) is 4.35. The number of fused-ring (bicyclic) bond motifs is 1. The fourth-order valence-electron chi connectivity index (χ4n) is 3.24. The first kappa shape index (κ1) is 15.9. The van der Waals surface area contributed by atoms with Crippen molar-refractivity contribution in [3.05, 3.63) is 23.5 Å². The van der Waals surface area contributed by atoms with Crippen LogP contribution in [0.15, 0.2) is 12.3 Å². The van der Waals surface area contributed by atoms with Gasteiger partial charge in [0.2, 0.25) is 0 Å². The van der Waals surface area contributed by atoms with E-state index in [0.29, 0.717) is 6.04 Å². The van der Waals surface area contributed by atoms with Gasteiger partial charge < -0.3 is 10.2 Å². The molecule has 6 nitrogen and oxygen atoms in total. The number of aromatic nitrogens is 3. The molecular formula is C17H25N5O. The van der Waals surface area contributed by atoms with Gasteiger partial charge in [0.05, 0.1) is 17.1 Å². The molecule has 23 heavy (non-hydrogen) atoms. The molecule has 2 aromatic rings. The molecular weight excluding hydrogens is 290 g/mol. The van der Waals surface area contributed by atoms with E-state index in [1.54, 1.807) is 6.20 Å². The van der Waals surface area contributed by atoms with Gasteiger partial charge in [0, 0.05) is 30.9 Å². The second-order valence-electron chi connectivity index (χ2n) is 6.59. The lowest BCUT2D eigenvalue weighted by molar-refractivity contribution is 0.0709. The summed E-state index contributed by atoms with van der Waals surface area (Å²) < 4.78 is 1.88. The maximum Gasteiger partial charge on any atom is 0.254 e. The maximum atomic E-state index is 13.0. The molecule has 0 radical (unpaired) electrons. The third-order valence-corrected chi connectivity index (χ3v) is 4.60. The lowest BCUT2D eigenvalue weighted by Crippen LogP contribution is -2.44. The zero-order chi connectivity index (χ0) is 16.6. The number of amides is 1. The van der Waals surface area contributed by atoms with E-state index in [0.717, 1.165) is 48.2 Å². The van der Waals surface area contributed by atoms with E-state index in [1.165, 1.54) is 0 Å². The van der Waals surface area contributed by atoms with Crippen LogP contribution in [-0.2, 0) is 0 Å². The lowest BCUT2D eigenvalue weighted by Gasteiger charge is -2.32. The number of hydrogen-bond acceptors (Lipinski definition) is 4. The minimum Gasteiger partial charge on any atom is -0.339 e. The standard InChI is InChI=1S/C17H25N5O/c1-11(2)22-16-15(10-19-22)14(9-12(3)20-16)17(23)21-7-5-13(18-4)6-8-21/h9-11,13,18H,5-8H2,1-4H3. The number of pyridine rings is 1. The predicted molar refractivity (Wildman–Crippen MR) is 90.6 cm³/mol. The summed E-state index contributed by atoms with van der Waals surface area (Å²) >= 11 is 0. The van der Waals surface area contributed by atoms with Crippen LogP contribution >= 0.6 is 0 Å². The zero-order valence-corrected chi connectivity index (χ0v) is 14.3. The molecule has 1 N–H and O–H groups in total. The number of carbonyl (C=O) groups is 1. The van der Waals surface area contributed by atoms with E-state index in [-0.39, 0.29) is 11.9 Å². The lowest BCUT2D eigenvalue weighted by atomic mass is 10.0. The predicted octanol–water partition coefficient (Wildman–Crippen LogP) is 2.14. The van der Waals surface area contributed by atoms with E-state index in [4.69, 9.17) is 0 Å². The molecule has 3 heterocycles. The van der Waals surface area contributed by atoms with Crippen LogP contribution in [0.2, 0.25) is 0 Å². The molecule has 0 bridgehead atoms. The van der Waals surface area contributed by atoms with Crippen LogP contribution in [0.3, 0.4) is 0 Å². The molecule has 0 spiro atoms. The van der Waals surface area contributed by atoms with Crippen LogP contribution in [0.4, 0.5) is 0 Å². The largest absolute Gasteiger partial charge is 0.339 e. The van der Waals surface area contributed by atoms with Gasteiger partial charge in [-0.3, -0.25) is 4.79 Å². The highest BCUT2D eigenvalue weighted by Gasteiger charge is 2.25. The number of carbonyl (C=O) groups excluding carboxylic acids is 1. The summed E-state index contributed by atoms with van der Waals surface area (Å²) in [5, 5.41) is 8.57. The Hall–Kier alpha value is -1.95. The van der Waals surface area contributed by atoms with E-state index in [1.807, 2.05) is 29.6 Å². The van der Waals surface area contributed by atoms with Gasteiger partial charge in [-0.2, -0.15) is 5.10 Å².